The number of rotatable bonds is 7. The van der Waals surface area contributed by atoms with E-state index in [-0.39, 0.29) is 16.4 Å². The number of allylic oxidation sites excluding steroid dienone is 1. The topological polar surface area (TPSA) is 38.7 Å². The molecule has 3 aliphatic rings. The zero-order valence-electron chi connectivity index (χ0n) is 23.9. The molecule has 0 radical (unpaired) electrons. The predicted octanol–water partition coefficient (Wildman–Crippen LogP) is 6.88. The van der Waals surface area contributed by atoms with E-state index in [1.54, 1.807) is 0 Å². The summed E-state index contributed by atoms with van der Waals surface area (Å²) in [5.41, 5.74) is 0.452. The van der Waals surface area contributed by atoms with Crippen LogP contribution in [0.5, 0.6) is 0 Å². The zero-order chi connectivity index (χ0) is 25.7. The maximum absolute atomic E-state index is 11.4. The van der Waals surface area contributed by atoms with E-state index in [0.29, 0.717) is 23.7 Å². The van der Waals surface area contributed by atoms with Gasteiger partial charge in [-0.25, -0.2) is 0 Å². The Morgan fingerprint density at radius 3 is 2.06 bits per heavy atom. The fourth-order valence-electron chi connectivity index (χ4n) is 7.70. The minimum absolute atomic E-state index is 0.0306. The predicted molar refractivity (Wildman–Crippen MR) is 150 cm³/mol. The molecule has 0 aliphatic heterocycles. The minimum atomic E-state index is -1.34. The van der Waals surface area contributed by atoms with Gasteiger partial charge in [0.1, 0.15) is 6.10 Å². The molecule has 3 aliphatic carbocycles. The van der Waals surface area contributed by atoms with Gasteiger partial charge in [0, 0.05) is 0 Å². The Balaban J connectivity index is 2.10. The van der Waals surface area contributed by atoms with E-state index in [1.807, 2.05) is 0 Å². The van der Waals surface area contributed by atoms with Crippen LogP contribution in [-0.4, -0.2) is 40.5 Å². The molecule has 3 nitrogen and oxygen atoms in total. The lowest BCUT2D eigenvalue weighted by Crippen LogP contribution is -2.51. The molecular formula is C29H54O3Si2. The summed E-state index contributed by atoms with van der Waals surface area (Å²) >= 11 is 0. The highest BCUT2D eigenvalue weighted by molar-refractivity contribution is 6.48. The van der Waals surface area contributed by atoms with Crippen molar-refractivity contribution in [3.63, 3.8) is 0 Å². The van der Waals surface area contributed by atoms with Crippen molar-refractivity contribution < 1.29 is 14.0 Å². The summed E-state index contributed by atoms with van der Waals surface area (Å²) < 4.78 is 13.9. The van der Waals surface area contributed by atoms with Gasteiger partial charge in [0.15, 0.2) is 18.1 Å². The molecule has 5 heteroatoms. The van der Waals surface area contributed by atoms with Gasteiger partial charge in [-0.05, 0) is 91.9 Å². The molecule has 1 N–H and O–H groups in total. The highest BCUT2D eigenvalue weighted by Crippen LogP contribution is 2.61. The summed E-state index contributed by atoms with van der Waals surface area (Å²) in [5, 5.41) is 11.4. The molecule has 0 spiro atoms. The molecule has 0 aromatic heterocycles. The van der Waals surface area contributed by atoms with Crippen LogP contribution in [0.1, 0.15) is 80.1 Å². The zero-order valence-corrected chi connectivity index (χ0v) is 26.2. The van der Waals surface area contributed by atoms with Gasteiger partial charge in [-0.15, -0.1) is 0 Å². The molecule has 196 valence electrons. The second-order valence-corrected chi connectivity index (χ2v) is 19.0. The van der Waals surface area contributed by atoms with E-state index in [0.717, 1.165) is 18.4 Å². The van der Waals surface area contributed by atoms with Crippen molar-refractivity contribution in [1.29, 1.82) is 0 Å². The molecule has 0 aromatic carbocycles. The van der Waals surface area contributed by atoms with Gasteiger partial charge in [0.2, 0.25) is 0 Å². The van der Waals surface area contributed by atoms with Crippen molar-refractivity contribution in [3.05, 3.63) is 24.3 Å². The van der Waals surface area contributed by atoms with E-state index in [9.17, 15) is 5.11 Å². The van der Waals surface area contributed by atoms with Crippen LogP contribution in [-0.2, 0) is 8.85 Å². The Labute approximate surface area is 214 Å². The first-order valence-corrected chi connectivity index (χ1v) is 19.5. The standard InChI is InChI=1S/C29H54O3Si2/c1-20-18-23-22(24(26(2,3)4)19-28(23,25(20)30)31-33(8)9)16-17-29(27(5,6)7,32-34(10)11)21-14-12-13-15-21/h16-17,21-25,30,33-34H,1,12-15,18-19H2,2-11H3/t22-,23+,24-,25?,28+,29-/m1/s1. The minimum Gasteiger partial charge on any atom is -0.412 e. The number of fused-ring (bicyclic) bond motifs is 1. The monoisotopic (exact) mass is 506 g/mol. The van der Waals surface area contributed by atoms with Crippen molar-refractivity contribution in [1.82, 2.24) is 0 Å². The van der Waals surface area contributed by atoms with Crippen molar-refractivity contribution in [2.24, 2.45) is 34.5 Å². The maximum Gasteiger partial charge on any atom is 0.172 e. The number of aliphatic hydroxyl groups is 1. The van der Waals surface area contributed by atoms with Crippen molar-refractivity contribution in [2.75, 3.05) is 0 Å². The molecule has 0 heterocycles. The molecule has 0 aromatic rings. The fourth-order valence-corrected chi connectivity index (χ4v) is 10.4. The lowest BCUT2D eigenvalue weighted by molar-refractivity contribution is -0.0456. The highest BCUT2D eigenvalue weighted by atomic mass is 28.3. The summed E-state index contributed by atoms with van der Waals surface area (Å²) in [6.07, 6.45) is 11.5. The smallest absolute Gasteiger partial charge is 0.172 e. The van der Waals surface area contributed by atoms with E-state index < -0.39 is 29.8 Å². The van der Waals surface area contributed by atoms with Crippen LogP contribution < -0.4 is 0 Å². The molecule has 34 heavy (non-hydrogen) atoms. The summed E-state index contributed by atoms with van der Waals surface area (Å²) in [6.45, 7) is 27.6. The van der Waals surface area contributed by atoms with Crippen molar-refractivity contribution in [2.45, 2.75) is 124 Å². The summed E-state index contributed by atoms with van der Waals surface area (Å²) in [5.74, 6) is 1.70. The second kappa shape index (κ2) is 9.92. The highest BCUT2D eigenvalue weighted by Gasteiger charge is 2.63. The van der Waals surface area contributed by atoms with Gasteiger partial charge in [0.05, 0.1) is 11.2 Å². The average molecular weight is 507 g/mol. The van der Waals surface area contributed by atoms with Crippen LogP contribution in [0.2, 0.25) is 26.2 Å². The molecule has 3 saturated carbocycles. The first-order valence-electron chi connectivity index (χ1n) is 14.0. The molecule has 0 amide bonds. The fraction of sp³-hybridized carbons (Fsp3) is 0.862. The van der Waals surface area contributed by atoms with E-state index >= 15 is 0 Å². The van der Waals surface area contributed by atoms with Crippen LogP contribution in [0.4, 0.5) is 0 Å². The lowest BCUT2D eigenvalue weighted by atomic mass is 9.66. The van der Waals surface area contributed by atoms with Gasteiger partial charge in [-0.1, -0.05) is 73.1 Å². The Morgan fingerprint density at radius 2 is 1.59 bits per heavy atom. The molecule has 0 saturated heterocycles. The van der Waals surface area contributed by atoms with E-state index in [2.05, 4.69) is 86.5 Å². The Morgan fingerprint density at radius 1 is 1.00 bits per heavy atom. The van der Waals surface area contributed by atoms with Gasteiger partial charge < -0.3 is 14.0 Å². The SMILES string of the molecule is C=C1C[C@H]2[C@@H](C=C[C@@](O[SiH](C)C)(C3CCCC3)C(C)(C)C)[C@H](C(C)(C)C)C[C@@]2(O[SiH](C)C)C1O. The van der Waals surface area contributed by atoms with Crippen LogP contribution in [0.15, 0.2) is 24.3 Å². The molecule has 6 atom stereocenters. The van der Waals surface area contributed by atoms with Gasteiger partial charge in [0.25, 0.3) is 0 Å². The molecular weight excluding hydrogens is 452 g/mol. The quantitative estimate of drug-likeness (QED) is 0.302. The van der Waals surface area contributed by atoms with E-state index in [1.165, 1.54) is 25.7 Å². The Hall–Kier alpha value is -0.206. The van der Waals surface area contributed by atoms with Crippen LogP contribution in [0.3, 0.4) is 0 Å². The Bertz CT molecular complexity index is 756. The van der Waals surface area contributed by atoms with Crippen molar-refractivity contribution in [3.8, 4) is 0 Å². The third-order valence-electron chi connectivity index (χ3n) is 9.13. The third-order valence-corrected chi connectivity index (χ3v) is 10.9. The van der Waals surface area contributed by atoms with Gasteiger partial charge >= 0.3 is 0 Å². The normalized spacial score (nSPS) is 35.1. The molecule has 3 fully saturated rings. The van der Waals surface area contributed by atoms with Crippen LogP contribution >= 0.6 is 0 Å². The number of aliphatic hydroxyl groups excluding tert-OH is 1. The Kier molecular flexibility index (Phi) is 8.28. The summed E-state index contributed by atoms with van der Waals surface area (Å²) in [4.78, 5) is 0. The maximum atomic E-state index is 11.4. The largest absolute Gasteiger partial charge is 0.412 e. The van der Waals surface area contributed by atoms with Crippen LogP contribution in [0, 0.1) is 34.5 Å². The molecule has 0 bridgehead atoms. The van der Waals surface area contributed by atoms with Crippen molar-refractivity contribution >= 4 is 18.1 Å². The van der Waals surface area contributed by atoms with Gasteiger partial charge in [-0.3, -0.25) is 0 Å². The average Bonchev–Trinajstić information content (AvgIpc) is 3.35. The van der Waals surface area contributed by atoms with E-state index in [4.69, 9.17) is 8.85 Å². The number of hydrogen-bond donors (Lipinski definition) is 1. The second-order valence-electron chi connectivity index (χ2n) is 14.3. The number of hydrogen-bond acceptors (Lipinski definition) is 3. The summed E-state index contributed by atoms with van der Waals surface area (Å²) in [7, 11) is -2.61. The molecule has 1 unspecified atom stereocenters. The third kappa shape index (κ3) is 5.11. The van der Waals surface area contributed by atoms with Crippen LogP contribution in [0.25, 0.3) is 0 Å². The molecule has 3 rings (SSSR count). The first-order chi connectivity index (χ1) is 15.5. The lowest BCUT2D eigenvalue weighted by Gasteiger charge is -2.49. The first kappa shape index (κ1) is 28.4. The van der Waals surface area contributed by atoms with Gasteiger partial charge in [-0.2, -0.15) is 0 Å². The summed E-state index contributed by atoms with van der Waals surface area (Å²) in [6, 6.07) is 0.